The molecule has 0 aliphatic heterocycles. The Bertz CT molecular complexity index is 876. The Kier molecular flexibility index (Phi) is 6.52. The monoisotopic (exact) mass is 395 g/mol. The molecule has 2 N–H and O–H groups in total. The molecule has 0 radical (unpaired) electrons. The largest absolute Gasteiger partial charge is 0.349 e. The summed E-state index contributed by atoms with van der Waals surface area (Å²) in [6, 6.07) is 11.1. The molecule has 2 aromatic rings. The minimum absolute atomic E-state index is 0.192. The van der Waals surface area contributed by atoms with Crippen LogP contribution in [0.15, 0.2) is 46.7 Å². The van der Waals surface area contributed by atoms with Crippen LogP contribution in [0.2, 0.25) is 0 Å². The third-order valence-electron chi connectivity index (χ3n) is 3.59. The Balaban J connectivity index is 1.90. The highest BCUT2D eigenvalue weighted by molar-refractivity contribution is 7.91. The number of thiophene rings is 1. The number of amides is 2. The number of hydrogen-bond acceptors (Lipinski definition) is 5. The van der Waals surface area contributed by atoms with E-state index < -0.39 is 16.1 Å². The van der Waals surface area contributed by atoms with E-state index in [2.05, 4.69) is 10.6 Å². The predicted molar refractivity (Wildman–Crippen MR) is 100 cm³/mol. The SMILES string of the molecule is CC(NC(=O)c1ccccc1)C(=O)NCc1ccc(S(=O)(=O)N(C)C)s1. The minimum atomic E-state index is -3.48. The van der Waals surface area contributed by atoms with Crippen LogP contribution in [-0.2, 0) is 21.4 Å². The third kappa shape index (κ3) is 4.90. The maximum atomic E-state index is 12.1. The molecule has 1 aromatic heterocycles. The molecule has 7 nitrogen and oxygen atoms in total. The number of carbonyl (C=O) groups is 2. The summed E-state index contributed by atoms with van der Waals surface area (Å²) in [7, 11) is -0.544. The number of carbonyl (C=O) groups excluding carboxylic acids is 2. The number of nitrogens with one attached hydrogen (secondary N) is 2. The zero-order valence-corrected chi connectivity index (χ0v) is 16.4. The standard InChI is InChI=1S/C17H21N3O4S2/c1-12(19-17(22)13-7-5-4-6-8-13)16(21)18-11-14-9-10-15(25-14)26(23,24)20(2)3/h4-10,12H,11H2,1-3H3,(H,18,21)(H,19,22). The summed E-state index contributed by atoms with van der Waals surface area (Å²) >= 11 is 1.10. The van der Waals surface area contributed by atoms with Gasteiger partial charge in [0.25, 0.3) is 15.9 Å². The lowest BCUT2D eigenvalue weighted by atomic mass is 10.2. The van der Waals surface area contributed by atoms with E-state index in [4.69, 9.17) is 0 Å². The average molecular weight is 396 g/mol. The summed E-state index contributed by atoms with van der Waals surface area (Å²) < 4.78 is 25.5. The lowest BCUT2D eigenvalue weighted by Crippen LogP contribution is -2.44. The van der Waals surface area contributed by atoms with Gasteiger partial charge in [0.05, 0.1) is 6.54 Å². The first kappa shape index (κ1) is 20.1. The van der Waals surface area contributed by atoms with Gasteiger partial charge in [0.2, 0.25) is 5.91 Å². The highest BCUT2D eigenvalue weighted by Gasteiger charge is 2.20. The van der Waals surface area contributed by atoms with E-state index in [1.165, 1.54) is 20.2 Å². The molecular weight excluding hydrogens is 374 g/mol. The molecule has 0 aliphatic carbocycles. The zero-order chi connectivity index (χ0) is 19.3. The normalized spacial score (nSPS) is 12.6. The second-order valence-electron chi connectivity index (χ2n) is 5.79. The van der Waals surface area contributed by atoms with Gasteiger partial charge in [0.15, 0.2) is 0 Å². The van der Waals surface area contributed by atoms with Gasteiger partial charge in [-0.1, -0.05) is 18.2 Å². The van der Waals surface area contributed by atoms with E-state index in [0.29, 0.717) is 10.4 Å². The van der Waals surface area contributed by atoms with Crippen molar-refractivity contribution in [3.63, 3.8) is 0 Å². The van der Waals surface area contributed by atoms with Gasteiger partial charge < -0.3 is 10.6 Å². The fourth-order valence-corrected chi connectivity index (χ4v) is 4.50. The van der Waals surface area contributed by atoms with Crippen LogP contribution in [0.5, 0.6) is 0 Å². The number of sulfonamides is 1. The van der Waals surface area contributed by atoms with E-state index in [1.54, 1.807) is 43.3 Å². The van der Waals surface area contributed by atoms with E-state index >= 15 is 0 Å². The predicted octanol–water partition coefficient (Wildman–Crippen LogP) is 1.43. The topological polar surface area (TPSA) is 95.6 Å². The van der Waals surface area contributed by atoms with Gasteiger partial charge in [0.1, 0.15) is 10.3 Å². The lowest BCUT2D eigenvalue weighted by molar-refractivity contribution is -0.122. The van der Waals surface area contributed by atoms with Gasteiger partial charge in [-0.15, -0.1) is 11.3 Å². The van der Waals surface area contributed by atoms with Crippen molar-refractivity contribution in [3.05, 3.63) is 52.9 Å². The molecule has 1 aromatic carbocycles. The molecule has 2 amide bonds. The first-order chi connectivity index (χ1) is 12.2. The smallest absolute Gasteiger partial charge is 0.252 e. The zero-order valence-electron chi connectivity index (χ0n) is 14.7. The van der Waals surface area contributed by atoms with Gasteiger partial charge >= 0.3 is 0 Å². The summed E-state index contributed by atoms with van der Waals surface area (Å²) in [4.78, 5) is 24.9. The first-order valence-electron chi connectivity index (χ1n) is 7.86. The summed E-state index contributed by atoms with van der Waals surface area (Å²) in [6.45, 7) is 1.78. The molecule has 0 aliphatic rings. The quantitative estimate of drug-likeness (QED) is 0.741. The minimum Gasteiger partial charge on any atom is -0.349 e. The van der Waals surface area contributed by atoms with Gasteiger partial charge in [-0.05, 0) is 31.2 Å². The van der Waals surface area contributed by atoms with Gasteiger partial charge in [-0.2, -0.15) is 0 Å². The Morgan fingerprint density at radius 2 is 1.77 bits per heavy atom. The van der Waals surface area contributed by atoms with Crippen LogP contribution < -0.4 is 10.6 Å². The van der Waals surface area contributed by atoms with Crippen LogP contribution in [-0.4, -0.2) is 44.7 Å². The average Bonchev–Trinajstić information content (AvgIpc) is 3.10. The summed E-state index contributed by atoms with van der Waals surface area (Å²) in [5, 5.41) is 5.32. The fourth-order valence-electron chi connectivity index (χ4n) is 2.03. The highest BCUT2D eigenvalue weighted by atomic mass is 32.2. The second-order valence-corrected chi connectivity index (χ2v) is 9.33. The molecule has 1 atom stereocenters. The van der Waals surface area contributed by atoms with Crippen LogP contribution in [0.3, 0.4) is 0 Å². The number of rotatable bonds is 7. The van der Waals surface area contributed by atoms with Gasteiger partial charge in [0, 0.05) is 24.5 Å². The third-order valence-corrected chi connectivity index (χ3v) is 6.95. The van der Waals surface area contributed by atoms with Crippen molar-refractivity contribution in [1.29, 1.82) is 0 Å². The first-order valence-corrected chi connectivity index (χ1v) is 10.1. The van der Waals surface area contributed by atoms with Crippen molar-refractivity contribution in [2.75, 3.05) is 14.1 Å². The number of nitrogens with zero attached hydrogens (tertiary/aromatic N) is 1. The van der Waals surface area contributed by atoms with Gasteiger partial charge in [-0.3, -0.25) is 9.59 Å². The van der Waals surface area contributed by atoms with E-state index in [9.17, 15) is 18.0 Å². The molecule has 26 heavy (non-hydrogen) atoms. The van der Waals surface area contributed by atoms with Crippen molar-refractivity contribution in [3.8, 4) is 0 Å². The number of benzene rings is 1. The fraction of sp³-hybridized carbons (Fsp3) is 0.294. The molecule has 0 spiro atoms. The van der Waals surface area contributed by atoms with Crippen LogP contribution >= 0.6 is 11.3 Å². The molecule has 0 fully saturated rings. The van der Waals surface area contributed by atoms with Crippen LogP contribution in [0.4, 0.5) is 0 Å². The maximum absolute atomic E-state index is 12.1. The van der Waals surface area contributed by atoms with Gasteiger partial charge in [-0.25, -0.2) is 12.7 Å². The number of hydrogen-bond donors (Lipinski definition) is 2. The van der Waals surface area contributed by atoms with Crippen molar-refractivity contribution < 1.29 is 18.0 Å². The molecule has 0 bridgehead atoms. The van der Waals surface area contributed by atoms with Crippen LogP contribution in [0.25, 0.3) is 0 Å². The lowest BCUT2D eigenvalue weighted by Gasteiger charge is -2.13. The molecule has 0 saturated carbocycles. The molecule has 2 rings (SSSR count). The maximum Gasteiger partial charge on any atom is 0.252 e. The van der Waals surface area contributed by atoms with Crippen molar-refractivity contribution in [1.82, 2.24) is 14.9 Å². The highest BCUT2D eigenvalue weighted by Crippen LogP contribution is 2.23. The van der Waals surface area contributed by atoms with E-state index in [-0.39, 0.29) is 22.6 Å². The Morgan fingerprint density at radius 3 is 2.38 bits per heavy atom. The summed E-state index contributed by atoms with van der Waals surface area (Å²) in [5.74, 6) is -0.677. The molecule has 1 unspecified atom stereocenters. The Morgan fingerprint density at radius 1 is 1.12 bits per heavy atom. The Labute approximate surface area is 157 Å². The molecule has 9 heteroatoms. The van der Waals surface area contributed by atoms with Crippen LogP contribution in [0, 0.1) is 0 Å². The molecule has 140 valence electrons. The van der Waals surface area contributed by atoms with Crippen molar-refractivity contribution in [2.24, 2.45) is 0 Å². The summed E-state index contributed by atoms with van der Waals surface area (Å²) in [5.41, 5.74) is 0.476. The summed E-state index contributed by atoms with van der Waals surface area (Å²) in [6.07, 6.45) is 0. The van der Waals surface area contributed by atoms with Crippen molar-refractivity contribution in [2.45, 2.75) is 23.7 Å². The van der Waals surface area contributed by atoms with Crippen molar-refractivity contribution >= 4 is 33.2 Å². The molecule has 0 saturated heterocycles. The van der Waals surface area contributed by atoms with E-state index in [0.717, 1.165) is 15.6 Å². The van der Waals surface area contributed by atoms with E-state index in [1.807, 2.05) is 0 Å². The Hall–Kier alpha value is -2.23. The van der Waals surface area contributed by atoms with Crippen LogP contribution in [0.1, 0.15) is 22.2 Å². The molecular formula is C17H21N3O4S2. The second kappa shape index (κ2) is 8.43. The molecule has 1 heterocycles.